The van der Waals surface area contributed by atoms with Crippen LogP contribution in [0.3, 0.4) is 0 Å². The van der Waals surface area contributed by atoms with Crippen LogP contribution in [0.25, 0.3) is 0 Å². The number of nitrogens with zero attached hydrogens (tertiary/aromatic N) is 1. The Morgan fingerprint density at radius 1 is 1.05 bits per heavy atom. The molecule has 2 fully saturated rings. The maximum absolute atomic E-state index is 3.72. The van der Waals surface area contributed by atoms with E-state index in [1.807, 2.05) is 0 Å². The molecule has 0 radical (unpaired) electrons. The fourth-order valence-electron chi connectivity index (χ4n) is 4.29. The SMILES string of the molecule is CC1CC(C)CC(N(CC2CCCCN2)C(C)C)C1. The maximum atomic E-state index is 3.72. The second kappa shape index (κ2) is 7.08. The topological polar surface area (TPSA) is 15.3 Å². The first-order valence-corrected chi connectivity index (χ1v) is 8.55. The number of hydrogen-bond acceptors (Lipinski definition) is 2. The highest BCUT2D eigenvalue weighted by Crippen LogP contribution is 2.32. The Kier molecular flexibility index (Phi) is 5.70. The van der Waals surface area contributed by atoms with Gasteiger partial charge in [-0.1, -0.05) is 20.3 Å². The van der Waals surface area contributed by atoms with Crippen molar-refractivity contribution in [2.45, 2.75) is 84.3 Å². The predicted octanol–water partition coefficient (Wildman–Crippen LogP) is 3.66. The Hall–Kier alpha value is -0.0800. The molecule has 1 aliphatic carbocycles. The summed E-state index contributed by atoms with van der Waals surface area (Å²) in [4.78, 5) is 2.80. The van der Waals surface area contributed by atoms with E-state index in [1.54, 1.807) is 0 Å². The van der Waals surface area contributed by atoms with Crippen molar-refractivity contribution in [3.8, 4) is 0 Å². The maximum Gasteiger partial charge on any atom is 0.0195 e. The van der Waals surface area contributed by atoms with Crippen molar-refractivity contribution < 1.29 is 0 Å². The van der Waals surface area contributed by atoms with E-state index >= 15 is 0 Å². The summed E-state index contributed by atoms with van der Waals surface area (Å²) < 4.78 is 0. The van der Waals surface area contributed by atoms with E-state index in [0.29, 0.717) is 6.04 Å². The lowest BCUT2D eigenvalue weighted by molar-refractivity contribution is 0.0701. The molecule has 0 aromatic carbocycles. The predicted molar refractivity (Wildman–Crippen MR) is 83.5 cm³/mol. The zero-order chi connectivity index (χ0) is 13.8. The summed E-state index contributed by atoms with van der Waals surface area (Å²) >= 11 is 0. The van der Waals surface area contributed by atoms with Crippen LogP contribution in [0.15, 0.2) is 0 Å². The molecule has 0 spiro atoms. The van der Waals surface area contributed by atoms with Crippen LogP contribution in [-0.2, 0) is 0 Å². The Morgan fingerprint density at radius 3 is 2.26 bits per heavy atom. The molecule has 1 saturated heterocycles. The third kappa shape index (κ3) is 4.46. The van der Waals surface area contributed by atoms with Crippen molar-refractivity contribution in [1.29, 1.82) is 0 Å². The Labute approximate surface area is 120 Å². The van der Waals surface area contributed by atoms with E-state index < -0.39 is 0 Å². The highest BCUT2D eigenvalue weighted by Gasteiger charge is 2.31. The van der Waals surface area contributed by atoms with Gasteiger partial charge in [-0.2, -0.15) is 0 Å². The summed E-state index contributed by atoms with van der Waals surface area (Å²) in [6, 6.07) is 2.25. The second-order valence-electron chi connectivity index (χ2n) is 7.51. The third-order valence-corrected chi connectivity index (χ3v) is 5.13. The number of nitrogens with one attached hydrogen (secondary N) is 1. The van der Waals surface area contributed by atoms with Crippen LogP contribution in [-0.4, -0.2) is 36.1 Å². The number of piperidine rings is 1. The molecular formula is C17H34N2. The minimum Gasteiger partial charge on any atom is -0.313 e. The summed E-state index contributed by atoms with van der Waals surface area (Å²) in [6.07, 6.45) is 8.42. The van der Waals surface area contributed by atoms with Crippen LogP contribution >= 0.6 is 0 Å². The van der Waals surface area contributed by atoms with Gasteiger partial charge in [0.25, 0.3) is 0 Å². The molecule has 0 aromatic rings. The number of rotatable bonds is 4. The molecule has 2 heteroatoms. The van der Waals surface area contributed by atoms with Gasteiger partial charge in [0.1, 0.15) is 0 Å². The average molecular weight is 266 g/mol. The minimum atomic E-state index is 0.686. The second-order valence-corrected chi connectivity index (χ2v) is 7.51. The summed E-state index contributed by atoms with van der Waals surface area (Å²) in [5.41, 5.74) is 0. The van der Waals surface area contributed by atoms with E-state index in [0.717, 1.165) is 23.9 Å². The van der Waals surface area contributed by atoms with Crippen molar-refractivity contribution in [1.82, 2.24) is 10.2 Å². The summed E-state index contributed by atoms with van der Waals surface area (Å²) in [7, 11) is 0. The van der Waals surface area contributed by atoms with Crippen molar-refractivity contribution in [2.24, 2.45) is 11.8 Å². The standard InChI is InChI=1S/C17H34N2/c1-13(2)19(12-16-7-5-6-8-18-16)17-10-14(3)9-15(4)11-17/h13-18H,5-12H2,1-4H3. The molecule has 2 nitrogen and oxygen atoms in total. The van der Waals surface area contributed by atoms with Gasteiger partial charge in [0.2, 0.25) is 0 Å². The van der Waals surface area contributed by atoms with Gasteiger partial charge in [-0.25, -0.2) is 0 Å². The van der Waals surface area contributed by atoms with Crippen LogP contribution in [0.2, 0.25) is 0 Å². The van der Waals surface area contributed by atoms with E-state index in [9.17, 15) is 0 Å². The highest BCUT2D eigenvalue weighted by molar-refractivity contribution is 4.86. The number of hydrogen-bond donors (Lipinski definition) is 1. The molecular weight excluding hydrogens is 232 g/mol. The minimum absolute atomic E-state index is 0.686. The van der Waals surface area contributed by atoms with Gasteiger partial charge in [0.15, 0.2) is 0 Å². The first-order chi connectivity index (χ1) is 9.06. The van der Waals surface area contributed by atoms with Crippen molar-refractivity contribution in [2.75, 3.05) is 13.1 Å². The van der Waals surface area contributed by atoms with Gasteiger partial charge in [-0.05, 0) is 64.3 Å². The lowest BCUT2D eigenvalue weighted by Crippen LogP contribution is -2.51. The molecule has 1 aliphatic heterocycles. The molecule has 3 atom stereocenters. The van der Waals surface area contributed by atoms with Crippen LogP contribution in [0, 0.1) is 11.8 Å². The summed E-state index contributed by atoms with van der Waals surface area (Å²) in [5, 5.41) is 3.72. The first kappa shape index (κ1) is 15.3. The van der Waals surface area contributed by atoms with Gasteiger partial charge < -0.3 is 5.32 Å². The molecule has 0 bridgehead atoms. The quantitative estimate of drug-likeness (QED) is 0.835. The molecule has 1 N–H and O–H groups in total. The Balaban J connectivity index is 1.94. The summed E-state index contributed by atoms with van der Waals surface area (Å²) in [5.74, 6) is 1.82. The molecule has 3 unspecified atom stereocenters. The van der Waals surface area contributed by atoms with Gasteiger partial charge in [0, 0.05) is 24.7 Å². The molecule has 19 heavy (non-hydrogen) atoms. The van der Waals surface area contributed by atoms with Crippen molar-refractivity contribution in [3.63, 3.8) is 0 Å². The monoisotopic (exact) mass is 266 g/mol. The van der Waals surface area contributed by atoms with Crippen LogP contribution < -0.4 is 5.32 Å². The van der Waals surface area contributed by atoms with Crippen LogP contribution in [0.5, 0.6) is 0 Å². The van der Waals surface area contributed by atoms with Crippen molar-refractivity contribution in [3.05, 3.63) is 0 Å². The van der Waals surface area contributed by atoms with Crippen LogP contribution in [0.1, 0.15) is 66.2 Å². The zero-order valence-corrected chi connectivity index (χ0v) is 13.5. The van der Waals surface area contributed by atoms with Crippen molar-refractivity contribution >= 4 is 0 Å². The highest BCUT2D eigenvalue weighted by atomic mass is 15.2. The van der Waals surface area contributed by atoms with Crippen LogP contribution in [0.4, 0.5) is 0 Å². The van der Waals surface area contributed by atoms with E-state index in [2.05, 4.69) is 37.9 Å². The largest absolute Gasteiger partial charge is 0.313 e. The lowest BCUT2D eigenvalue weighted by atomic mass is 9.79. The summed E-state index contributed by atoms with van der Waals surface area (Å²) in [6.45, 7) is 12.1. The van der Waals surface area contributed by atoms with Gasteiger partial charge in [-0.3, -0.25) is 4.90 Å². The fourth-order valence-corrected chi connectivity index (χ4v) is 4.29. The molecule has 1 saturated carbocycles. The Morgan fingerprint density at radius 2 is 1.74 bits per heavy atom. The van der Waals surface area contributed by atoms with E-state index in [4.69, 9.17) is 0 Å². The van der Waals surface area contributed by atoms with Gasteiger partial charge >= 0.3 is 0 Å². The smallest absolute Gasteiger partial charge is 0.0195 e. The molecule has 0 amide bonds. The molecule has 112 valence electrons. The normalized spacial score (nSPS) is 36.9. The van der Waals surface area contributed by atoms with E-state index in [1.165, 1.54) is 51.6 Å². The molecule has 2 rings (SSSR count). The Bertz CT molecular complexity index is 248. The molecule has 1 heterocycles. The zero-order valence-electron chi connectivity index (χ0n) is 13.5. The lowest BCUT2D eigenvalue weighted by Gasteiger charge is -2.43. The van der Waals surface area contributed by atoms with Gasteiger partial charge in [-0.15, -0.1) is 0 Å². The average Bonchev–Trinajstić information content (AvgIpc) is 2.35. The first-order valence-electron chi connectivity index (χ1n) is 8.55. The van der Waals surface area contributed by atoms with E-state index in [-0.39, 0.29) is 0 Å². The van der Waals surface area contributed by atoms with Gasteiger partial charge in [0.05, 0.1) is 0 Å². The fraction of sp³-hybridized carbons (Fsp3) is 1.00. The molecule has 2 aliphatic rings. The third-order valence-electron chi connectivity index (χ3n) is 5.13. The molecule has 0 aromatic heterocycles.